The molecule has 0 spiro atoms. The van der Waals surface area contributed by atoms with E-state index >= 15 is 0 Å². The van der Waals surface area contributed by atoms with Gasteiger partial charge in [-0.15, -0.1) is 0 Å². The molecule has 0 amide bonds. The third-order valence-corrected chi connectivity index (χ3v) is 4.20. The lowest BCUT2D eigenvalue weighted by atomic mass is 10.0. The van der Waals surface area contributed by atoms with Crippen LogP contribution in [0.5, 0.6) is 5.75 Å². The summed E-state index contributed by atoms with van der Waals surface area (Å²) in [6.45, 7) is 5.13. The van der Waals surface area contributed by atoms with Gasteiger partial charge in [-0.05, 0) is 61.2 Å². The first-order chi connectivity index (χ1) is 12.3. The quantitative estimate of drug-likeness (QED) is 0.381. The van der Waals surface area contributed by atoms with Crippen molar-refractivity contribution in [1.29, 1.82) is 0 Å². The van der Waals surface area contributed by atoms with Gasteiger partial charge in [0.15, 0.2) is 0 Å². The number of hydrogen-bond donors (Lipinski definition) is 0. The molecule has 0 aliphatic carbocycles. The average molecular weight is 335 g/mol. The SMILES string of the molecule is CCCCCCCc1ccc(C#Cc2ccc(OCCC)cc2)cc1. The second-order valence-corrected chi connectivity index (χ2v) is 6.48. The number of aryl methyl sites for hydroxylation is 1. The van der Waals surface area contributed by atoms with Crippen molar-refractivity contribution in [1.82, 2.24) is 0 Å². The van der Waals surface area contributed by atoms with Gasteiger partial charge in [0.1, 0.15) is 5.75 Å². The molecule has 0 saturated carbocycles. The van der Waals surface area contributed by atoms with E-state index < -0.39 is 0 Å². The number of ether oxygens (including phenoxy) is 1. The van der Waals surface area contributed by atoms with Gasteiger partial charge in [0.2, 0.25) is 0 Å². The summed E-state index contributed by atoms with van der Waals surface area (Å²) in [6, 6.07) is 16.7. The van der Waals surface area contributed by atoms with Crippen LogP contribution >= 0.6 is 0 Å². The van der Waals surface area contributed by atoms with Gasteiger partial charge in [0.25, 0.3) is 0 Å². The van der Waals surface area contributed by atoms with Gasteiger partial charge in [-0.3, -0.25) is 0 Å². The lowest BCUT2D eigenvalue weighted by Crippen LogP contribution is -1.94. The molecule has 132 valence electrons. The Hall–Kier alpha value is -2.20. The van der Waals surface area contributed by atoms with Crippen molar-refractivity contribution in [3.8, 4) is 17.6 Å². The number of hydrogen-bond acceptors (Lipinski definition) is 1. The molecule has 2 rings (SSSR count). The highest BCUT2D eigenvalue weighted by atomic mass is 16.5. The standard InChI is InChI=1S/C24H30O/c1-3-5-6-7-8-9-21-10-12-22(13-11-21)14-15-23-16-18-24(19-17-23)25-20-4-2/h10-13,16-19H,3-9,20H2,1-2H3. The second-order valence-electron chi connectivity index (χ2n) is 6.48. The fraction of sp³-hybridized carbons (Fsp3) is 0.417. The normalized spacial score (nSPS) is 10.2. The molecule has 0 aliphatic rings. The van der Waals surface area contributed by atoms with Crippen LogP contribution in [0.3, 0.4) is 0 Å². The summed E-state index contributed by atoms with van der Waals surface area (Å²) in [4.78, 5) is 0. The van der Waals surface area contributed by atoms with Crippen molar-refractivity contribution in [3.63, 3.8) is 0 Å². The molecule has 0 saturated heterocycles. The van der Waals surface area contributed by atoms with E-state index in [0.29, 0.717) is 0 Å². The van der Waals surface area contributed by atoms with Gasteiger partial charge in [-0.2, -0.15) is 0 Å². The van der Waals surface area contributed by atoms with Gasteiger partial charge >= 0.3 is 0 Å². The first-order valence-corrected chi connectivity index (χ1v) is 9.65. The number of benzene rings is 2. The summed E-state index contributed by atoms with van der Waals surface area (Å²) in [7, 11) is 0. The minimum atomic E-state index is 0.760. The molecule has 0 bridgehead atoms. The molecular weight excluding hydrogens is 304 g/mol. The zero-order valence-electron chi connectivity index (χ0n) is 15.7. The van der Waals surface area contributed by atoms with Crippen molar-refractivity contribution in [2.45, 2.75) is 58.8 Å². The van der Waals surface area contributed by atoms with Gasteiger partial charge in [0, 0.05) is 11.1 Å². The first kappa shape index (κ1) is 19.1. The van der Waals surface area contributed by atoms with Crippen molar-refractivity contribution in [2.75, 3.05) is 6.61 Å². The zero-order chi connectivity index (χ0) is 17.7. The zero-order valence-corrected chi connectivity index (χ0v) is 15.7. The summed E-state index contributed by atoms with van der Waals surface area (Å²) in [5, 5.41) is 0. The molecular formula is C24H30O. The molecule has 25 heavy (non-hydrogen) atoms. The highest BCUT2D eigenvalue weighted by Gasteiger charge is 1.95. The highest BCUT2D eigenvalue weighted by Crippen LogP contribution is 2.13. The Balaban J connectivity index is 1.83. The van der Waals surface area contributed by atoms with Crippen molar-refractivity contribution in [3.05, 3.63) is 65.2 Å². The summed E-state index contributed by atoms with van der Waals surface area (Å²) in [6.07, 6.45) is 8.86. The van der Waals surface area contributed by atoms with Crippen LogP contribution in [0.15, 0.2) is 48.5 Å². The average Bonchev–Trinajstić information content (AvgIpc) is 2.66. The van der Waals surface area contributed by atoms with Crippen molar-refractivity contribution in [2.24, 2.45) is 0 Å². The summed E-state index contributed by atoms with van der Waals surface area (Å²) >= 11 is 0. The molecule has 0 aliphatic heterocycles. The Bertz CT molecular complexity index is 656. The van der Waals surface area contributed by atoms with Crippen LogP contribution in [0.2, 0.25) is 0 Å². The second kappa shape index (κ2) is 11.4. The summed E-state index contributed by atoms with van der Waals surface area (Å²) in [5.74, 6) is 7.38. The lowest BCUT2D eigenvalue weighted by molar-refractivity contribution is 0.317. The Kier molecular flexibility index (Phi) is 8.70. The number of rotatable bonds is 9. The third-order valence-electron chi connectivity index (χ3n) is 4.20. The Morgan fingerprint density at radius 1 is 0.680 bits per heavy atom. The molecule has 1 heteroatoms. The van der Waals surface area contributed by atoms with Crippen LogP contribution in [-0.4, -0.2) is 6.61 Å². The van der Waals surface area contributed by atoms with E-state index in [-0.39, 0.29) is 0 Å². The maximum Gasteiger partial charge on any atom is 0.119 e. The van der Waals surface area contributed by atoms with Crippen LogP contribution in [0.1, 0.15) is 69.1 Å². The Morgan fingerprint density at radius 2 is 1.28 bits per heavy atom. The minimum absolute atomic E-state index is 0.760. The maximum atomic E-state index is 5.59. The highest BCUT2D eigenvalue weighted by molar-refractivity contribution is 5.44. The topological polar surface area (TPSA) is 9.23 Å². The minimum Gasteiger partial charge on any atom is -0.494 e. The van der Waals surface area contributed by atoms with Crippen LogP contribution in [-0.2, 0) is 6.42 Å². The number of unbranched alkanes of at least 4 members (excludes halogenated alkanes) is 4. The summed E-state index contributed by atoms with van der Waals surface area (Å²) in [5.41, 5.74) is 3.50. The van der Waals surface area contributed by atoms with Gasteiger partial charge in [0.05, 0.1) is 6.61 Å². The van der Waals surface area contributed by atoms with Crippen LogP contribution in [0.4, 0.5) is 0 Å². The van der Waals surface area contributed by atoms with E-state index in [4.69, 9.17) is 4.74 Å². The molecule has 2 aromatic carbocycles. The summed E-state index contributed by atoms with van der Waals surface area (Å²) < 4.78 is 5.59. The van der Waals surface area contributed by atoms with E-state index in [0.717, 1.165) is 29.9 Å². The van der Waals surface area contributed by atoms with Crippen molar-refractivity contribution < 1.29 is 4.74 Å². The van der Waals surface area contributed by atoms with E-state index in [1.807, 2.05) is 24.3 Å². The lowest BCUT2D eigenvalue weighted by Gasteiger charge is -2.03. The first-order valence-electron chi connectivity index (χ1n) is 9.65. The molecule has 2 aromatic rings. The van der Waals surface area contributed by atoms with Gasteiger partial charge in [-0.25, -0.2) is 0 Å². The Morgan fingerprint density at radius 3 is 1.88 bits per heavy atom. The predicted molar refractivity (Wildman–Crippen MR) is 107 cm³/mol. The largest absolute Gasteiger partial charge is 0.494 e. The monoisotopic (exact) mass is 334 g/mol. The molecule has 0 atom stereocenters. The van der Waals surface area contributed by atoms with Crippen LogP contribution in [0, 0.1) is 11.8 Å². The van der Waals surface area contributed by atoms with Crippen LogP contribution < -0.4 is 4.74 Å². The fourth-order valence-corrected chi connectivity index (χ4v) is 2.69. The molecule has 0 aromatic heterocycles. The Labute approximate surface area is 153 Å². The van der Waals surface area contributed by atoms with Gasteiger partial charge in [-0.1, -0.05) is 63.5 Å². The predicted octanol–water partition coefficient (Wildman–Crippen LogP) is 6.39. The van der Waals surface area contributed by atoms with E-state index in [1.54, 1.807) is 0 Å². The van der Waals surface area contributed by atoms with Crippen LogP contribution in [0.25, 0.3) is 0 Å². The van der Waals surface area contributed by atoms with E-state index in [1.165, 1.54) is 44.1 Å². The molecule has 0 fully saturated rings. The van der Waals surface area contributed by atoms with Gasteiger partial charge < -0.3 is 4.74 Å². The smallest absolute Gasteiger partial charge is 0.119 e. The molecule has 0 heterocycles. The van der Waals surface area contributed by atoms with Crippen molar-refractivity contribution >= 4 is 0 Å². The molecule has 0 N–H and O–H groups in total. The molecule has 1 nitrogen and oxygen atoms in total. The van der Waals surface area contributed by atoms with E-state index in [9.17, 15) is 0 Å². The van der Waals surface area contributed by atoms with E-state index in [2.05, 4.69) is 50.0 Å². The molecule has 0 unspecified atom stereocenters. The molecule has 0 radical (unpaired) electrons. The maximum absolute atomic E-state index is 5.59. The third kappa shape index (κ3) is 7.48. The fourth-order valence-electron chi connectivity index (χ4n) is 2.69.